The van der Waals surface area contributed by atoms with Gasteiger partial charge in [-0.1, -0.05) is 22.4 Å². The second kappa shape index (κ2) is 6.81. The highest BCUT2D eigenvalue weighted by Crippen LogP contribution is 2.18. The van der Waals surface area contributed by atoms with E-state index in [1.54, 1.807) is 0 Å². The van der Waals surface area contributed by atoms with Crippen LogP contribution in [0.2, 0.25) is 0 Å². The minimum absolute atomic E-state index is 0.156. The summed E-state index contributed by atoms with van der Waals surface area (Å²) in [7, 11) is 0. The van der Waals surface area contributed by atoms with E-state index in [-0.39, 0.29) is 6.61 Å². The van der Waals surface area contributed by atoms with Crippen LogP contribution in [0.4, 0.5) is 13.2 Å². The molecule has 16 heavy (non-hydrogen) atoms. The molecule has 1 unspecified atom stereocenters. The molecule has 0 amide bonds. The first-order chi connectivity index (χ1) is 7.53. The van der Waals surface area contributed by atoms with Gasteiger partial charge in [0.05, 0.1) is 6.61 Å². The largest absolute Gasteiger partial charge is 0.411 e. The van der Waals surface area contributed by atoms with E-state index < -0.39 is 12.8 Å². The quantitative estimate of drug-likeness (QED) is 0.572. The normalized spacial score (nSPS) is 23.6. The van der Waals surface area contributed by atoms with Crippen molar-refractivity contribution in [3.8, 4) is 0 Å². The molecule has 0 bridgehead atoms. The molecule has 0 saturated carbocycles. The van der Waals surface area contributed by atoms with Crippen molar-refractivity contribution in [2.24, 2.45) is 0 Å². The fraction of sp³-hybridized carbons (Fsp3) is 1.00. The fourth-order valence-electron chi connectivity index (χ4n) is 1.90. The predicted octanol–water partition coefficient (Wildman–Crippen LogP) is 2.81. The Morgan fingerprint density at radius 3 is 2.69 bits per heavy atom. The monoisotopic (exact) mass is 303 g/mol. The first kappa shape index (κ1) is 14.3. The van der Waals surface area contributed by atoms with E-state index in [1.807, 2.05) is 0 Å². The van der Waals surface area contributed by atoms with Gasteiger partial charge in [-0.3, -0.25) is 4.90 Å². The summed E-state index contributed by atoms with van der Waals surface area (Å²) >= 11 is 3.43. The number of hydrogen-bond donors (Lipinski definition) is 0. The Bertz CT molecular complexity index is 201. The number of nitrogens with zero attached hydrogens (tertiary/aromatic N) is 1. The van der Waals surface area contributed by atoms with Crippen molar-refractivity contribution in [2.75, 3.05) is 31.6 Å². The van der Waals surface area contributed by atoms with Crippen molar-refractivity contribution in [1.82, 2.24) is 4.90 Å². The summed E-state index contributed by atoms with van der Waals surface area (Å²) in [6.07, 6.45) is -0.764. The lowest BCUT2D eigenvalue weighted by atomic mass is 10.0. The summed E-state index contributed by atoms with van der Waals surface area (Å²) < 4.78 is 40.1. The van der Waals surface area contributed by atoms with Crippen LogP contribution in [-0.2, 0) is 4.74 Å². The molecule has 6 heteroatoms. The van der Waals surface area contributed by atoms with Crippen LogP contribution in [0.25, 0.3) is 0 Å². The summed E-state index contributed by atoms with van der Waals surface area (Å²) in [5.74, 6) is 0. The molecule has 0 aromatic heterocycles. The Hall–Kier alpha value is 0.190. The maximum atomic E-state index is 11.8. The molecule has 2 nitrogen and oxygen atoms in total. The molecular formula is C10H17BrF3NO. The van der Waals surface area contributed by atoms with E-state index in [1.165, 1.54) is 6.42 Å². The van der Waals surface area contributed by atoms with Crippen LogP contribution >= 0.6 is 15.9 Å². The van der Waals surface area contributed by atoms with E-state index in [0.29, 0.717) is 12.6 Å². The van der Waals surface area contributed by atoms with Gasteiger partial charge in [0.1, 0.15) is 6.61 Å². The van der Waals surface area contributed by atoms with Crippen molar-refractivity contribution >= 4 is 15.9 Å². The Balaban J connectivity index is 2.15. The van der Waals surface area contributed by atoms with Crippen LogP contribution in [0.5, 0.6) is 0 Å². The third-order valence-corrected chi connectivity index (χ3v) is 3.46. The van der Waals surface area contributed by atoms with Crippen molar-refractivity contribution < 1.29 is 17.9 Å². The summed E-state index contributed by atoms with van der Waals surface area (Å²) in [5, 5.41) is 0.881. The second-order valence-electron chi connectivity index (χ2n) is 4.01. The molecule has 1 saturated heterocycles. The molecule has 1 aliphatic rings. The Morgan fingerprint density at radius 2 is 2.06 bits per heavy atom. The van der Waals surface area contributed by atoms with E-state index in [0.717, 1.165) is 24.7 Å². The molecule has 1 heterocycles. The second-order valence-corrected chi connectivity index (χ2v) is 4.66. The number of rotatable bonds is 5. The zero-order chi connectivity index (χ0) is 12.0. The van der Waals surface area contributed by atoms with E-state index in [4.69, 9.17) is 0 Å². The van der Waals surface area contributed by atoms with Crippen molar-refractivity contribution in [3.05, 3.63) is 0 Å². The first-order valence-corrected chi connectivity index (χ1v) is 6.59. The Kier molecular flexibility index (Phi) is 6.07. The summed E-state index contributed by atoms with van der Waals surface area (Å²) in [6.45, 7) is 0.570. The number of halogens is 4. The summed E-state index contributed by atoms with van der Waals surface area (Å²) in [4.78, 5) is 2.20. The van der Waals surface area contributed by atoms with Gasteiger partial charge in [-0.25, -0.2) is 0 Å². The standard InChI is InChI=1S/C10H17BrF3NO/c11-7-9-3-1-2-4-15(9)5-6-16-8-10(12,13)14/h9H,1-8H2. The van der Waals surface area contributed by atoms with Crippen molar-refractivity contribution in [1.29, 1.82) is 0 Å². The molecule has 0 N–H and O–H groups in total. The third-order valence-electron chi connectivity index (χ3n) is 2.72. The number of ether oxygens (including phenoxy) is 1. The van der Waals surface area contributed by atoms with Gasteiger partial charge in [0.15, 0.2) is 0 Å². The topological polar surface area (TPSA) is 12.5 Å². The SMILES string of the molecule is FC(F)(F)COCCN1CCCCC1CBr. The number of piperidine rings is 1. The Morgan fingerprint density at radius 1 is 1.31 bits per heavy atom. The minimum Gasteiger partial charge on any atom is -0.371 e. The zero-order valence-corrected chi connectivity index (χ0v) is 10.7. The van der Waals surface area contributed by atoms with E-state index in [9.17, 15) is 13.2 Å². The highest BCUT2D eigenvalue weighted by Gasteiger charge is 2.27. The zero-order valence-electron chi connectivity index (χ0n) is 9.10. The molecule has 0 aliphatic carbocycles. The van der Waals surface area contributed by atoms with Crippen LogP contribution in [0.15, 0.2) is 0 Å². The predicted molar refractivity (Wildman–Crippen MR) is 59.9 cm³/mol. The fourth-order valence-corrected chi connectivity index (χ4v) is 2.63. The Labute approximate surface area is 102 Å². The van der Waals surface area contributed by atoms with E-state index >= 15 is 0 Å². The van der Waals surface area contributed by atoms with Gasteiger partial charge in [-0.15, -0.1) is 0 Å². The molecule has 1 aliphatic heterocycles. The van der Waals surface area contributed by atoms with Crippen LogP contribution in [0, 0.1) is 0 Å². The highest BCUT2D eigenvalue weighted by molar-refractivity contribution is 9.09. The lowest BCUT2D eigenvalue weighted by molar-refractivity contribution is -0.174. The molecule has 96 valence electrons. The number of likely N-dealkylation sites (tertiary alicyclic amines) is 1. The van der Waals surface area contributed by atoms with Crippen LogP contribution in [-0.4, -0.2) is 48.8 Å². The molecule has 1 fully saturated rings. The van der Waals surface area contributed by atoms with Crippen molar-refractivity contribution in [3.63, 3.8) is 0 Å². The lowest BCUT2D eigenvalue weighted by Crippen LogP contribution is -2.42. The van der Waals surface area contributed by atoms with Gasteiger partial charge in [0, 0.05) is 17.9 Å². The smallest absolute Gasteiger partial charge is 0.371 e. The van der Waals surface area contributed by atoms with Gasteiger partial charge >= 0.3 is 6.18 Å². The molecular weight excluding hydrogens is 287 g/mol. The average molecular weight is 304 g/mol. The number of alkyl halides is 4. The molecule has 0 aromatic rings. The molecule has 0 radical (unpaired) electrons. The first-order valence-electron chi connectivity index (χ1n) is 5.47. The van der Waals surface area contributed by atoms with Crippen LogP contribution in [0.3, 0.4) is 0 Å². The average Bonchev–Trinajstić information content (AvgIpc) is 2.23. The van der Waals surface area contributed by atoms with Crippen LogP contribution in [0.1, 0.15) is 19.3 Å². The molecule has 0 aromatic carbocycles. The number of hydrogen-bond acceptors (Lipinski definition) is 2. The van der Waals surface area contributed by atoms with Crippen molar-refractivity contribution in [2.45, 2.75) is 31.5 Å². The van der Waals surface area contributed by atoms with Gasteiger partial charge < -0.3 is 4.74 Å². The lowest BCUT2D eigenvalue weighted by Gasteiger charge is -2.34. The molecule has 1 atom stereocenters. The minimum atomic E-state index is -4.21. The maximum Gasteiger partial charge on any atom is 0.411 e. The maximum absolute atomic E-state index is 11.8. The summed E-state index contributed by atoms with van der Waals surface area (Å²) in [5.41, 5.74) is 0. The summed E-state index contributed by atoms with van der Waals surface area (Å²) in [6, 6.07) is 0.447. The highest BCUT2D eigenvalue weighted by atomic mass is 79.9. The van der Waals surface area contributed by atoms with Crippen LogP contribution < -0.4 is 0 Å². The van der Waals surface area contributed by atoms with Gasteiger partial charge in [-0.05, 0) is 19.4 Å². The third kappa shape index (κ3) is 5.50. The van der Waals surface area contributed by atoms with E-state index in [2.05, 4.69) is 25.6 Å². The molecule has 1 rings (SSSR count). The van der Waals surface area contributed by atoms with Gasteiger partial charge in [0.25, 0.3) is 0 Å². The molecule has 0 spiro atoms. The van der Waals surface area contributed by atoms with Gasteiger partial charge in [-0.2, -0.15) is 13.2 Å². The van der Waals surface area contributed by atoms with Gasteiger partial charge in [0.2, 0.25) is 0 Å².